The lowest BCUT2D eigenvalue weighted by Gasteiger charge is -2.10. The second-order valence-electron chi connectivity index (χ2n) is 3.47. The number of nitrogens with zero attached hydrogens (tertiary/aromatic N) is 2. The maximum atomic E-state index is 10.9. The normalized spacial score (nSPS) is 11.3. The molecule has 0 radical (unpaired) electrons. The van der Waals surface area contributed by atoms with Crippen LogP contribution in [-0.2, 0) is 0 Å². The Hall–Kier alpha value is -1.84. The quantitative estimate of drug-likeness (QED) is 0.586. The first-order chi connectivity index (χ1) is 7.00. The van der Waals surface area contributed by atoms with Gasteiger partial charge < -0.3 is 10.6 Å². The number of rotatable bonds is 2. The van der Waals surface area contributed by atoms with Crippen molar-refractivity contribution in [1.82, 2.24) is 4.90 Å². The molecule has 0 aliphatic heterocycles. The Morgan fingerprint density at radius 1 is 1.40 bits per heavy atom. The van der Waals surface area contributed by atoms with Crippen LogP contribution in [0.3, 0.4) is 0 Å². The fraction of sp³-hybridized carbons (Fsp3) is 0.273. The summed E-state index contributed by atoms with van der Waals surface area (Å²) in [6.45, 7) is 1.90. The molecule has 0 saturated carbocycles. The van der Waals surface area contributed by atoms with Crippen molar-refractivity contribution in [3.05, 3.63) is 29.8 Å². The van der Waals surface area contributed by atoms with Crippen molar-refractivity contribution in [2.24, 2.45) is 10.7 Å². The van der Waals surface area contributed by atoms with Gasteiger partial charge in [0.2, 0.25) is 5.91 Å². The van der Waals surface area contributed by atoms with Crippen LogP contribution < -0.4 is 5.73 Å². The van der Waals surface area contributed by atoms with E-state index in [9.17, 15) is 4.79 Å². The Morgan fingerprint density at radius 2 is 2.07 bits per heavy atom. The van der Waals surface area contributed by atoms with Gasteiger partial charge in [0.1, 0.15) is 5.84 Å². The number of nitrogens with two attached hydrogens (primary N) is 1. The SMILES string of the molecule is CC(=Nc1cccc(C(N)=O)c1)N(C)C. The average molecular weight is 205 g/mol. The van der Waals surface area contributed by atoms with Gasteiger partial charge in [-0.25, -0.2) is 4.99 Å². The molecule has 0 aromatic heterocycles. The molecule has 1 aromatic rings. The monoisotopic (exact) mass is 205 g/mol. The third-order valence-corrected chi connectivity index (χ3v) is 2.07. The van der Waals surface area contributed by atoms with Crippen molar-refractivity contribution in [1.29, 1.82) is 0 Å². The van der Waals surface area contributed by atoms with E-state index in [0.29, 0.717) is 5.56 Å². The number of amidine groups is 1. The number of benzene rings is 1. The summed E-state index contributed by atoms with van der Waals surface area (Å²) in [5.41, 5.74) is 6.38. The summed E-state index contributed by atoms with van der Waals surface area (Å²) in [6, 6.07) is 6.95. The average Bonchev–Trinajstić information content (AvgIpc) is 2.18. The Kier molecular flexibility index (Phi) is 3.44. The van der Waals surface area contributed by atoms with Crippen LogP contribution in [0.1, 0.15) is 17.3 Å². The van der Waals surface area contributed by atoms with Gasteiger partial charge in [0.15, 0.2) is 0 Å². The van der Waals surface area contributed by atoms with Crippen LogP contribution in [-0.4, -0.2) is 30.7 Å². The highest BCUT2D eigenvalue weighted by Crippen LogP contribution is 2.14. The van der Waals surface area contributed by atoms with Crippen LogP contribution in [0.2, 0.25) is 0 Å². The molecule has 0 saturated heterocycles. The van der Waals surface area contributed by atoms with Crippen molar-refractivity contribution in [3.63, 3.8) is 0 Å². The van der Waals surface area contributed by atoms with Crippen molar-refractivity contribution in [2.75, 3.05) is 14.1 Å². The highest BCUT2D eigenvalue weighted by atomic mass is 16.1. The van der Waals surface area contributed by atoms with Crippen molar-refractivity contribution in [3.8, 4) is 0 Å². The number of amides is 1. The molecule has 4 heteroatoms. The molecule has 0 aliphatic carbocycles. The van der Waals surface area contributed by atoms with Gasteiger partial charge in [0.05, 0.1) is 5.69 Å². The minimum absolute atomic E-state index is 0.436. The van der Waals surface area contributed by atoms with Gasteiger partial charge in [-0.3, -0.25) is 4.79 Å². The number of hydrogen-bond acceptors (Lipinski definition) is 2. The van der Waals surface area contributed by atoms with Crippen molar-refractivity contribution >= 4 is 17.4 Å². The molecule has 0 spiro atoms. The predicted octanol–water partition coefficient (Wildman–Crippen LogP) is 1.40. The molecule has 2 N–H and O–H groups in total. The highest BCUT2D eigenvalue weighted by molar-refractivity contribution is 5.94. The van der Waals surface area contributed by atoms with Crippen LogP contribution in [0, 0.1) is 0 Å². The summed E-state index contributed by atoms with van der Waals surface area (Å²) in [5, 5.41) is 0. The summed E-state index contributed by atoms with van der Waals surface area (Å²) < 4.78 is 0. The van der Waals surface area contributed by atoms with E-state index >= 15 is 0 Å². The van der Waals surface area contributed by atoms with E-state index in [2.05, 4.69) is 4.99 Å². The molecule has 80 valence electrons. The van der Waals surface area contributed by atoms with E-state index in [4.69, 9.17) is 5.73 Å². The molecule has 0 fully saturated rings. The molecular weight excluding hydrogens is 190 g/mol. The summed E-state index contributed by atoms with van der Waals surface area (Å²) in [6.07, 6.45) is 0. The van der Waals surface area contributed by atoms with Crippen molar-refractivity contribution < 1.29 is 4.79 Å². The standard InChI is InChI=1S/C11H15N3O/c1-8(14(2)3)13-10-6-4-5-9(7-10)11(12)15/h4-7H,1-3H3,(H2,12,15). The first kappa shape index (κ1) is 11.2. The minimum Gasteiger partial charge on any atom is -0.366 e. The maximum absolute atomic E-state index is 10.9. The summed E-state index contributed by atoms with van der Waals surface area (Å²) in [7, 11) is 3.83. The Balaban J connectivity index is 3.01. The number of aliphatic imine (C=N–C) groups is 1. The fourth-order valence-corrected chi connectivity index (χ4v) is 1.02. The first-order valence-corrected chi connectivity index (χ1v) is 4.63. The van der Waals surface area contributed by atoms with Crippen LogP contribution in [0.15, 0.2) is 29.3 Å². The molecule has 0 bridgehead atoms. The van der Waals surface area contributed by atoms with Crippen molar-refractivity contribution in [2.45, 2.75) is 6.92 Å². The van der Waals surface area contributed by atoms with E-state index in [0.717, 1.165) is 11.5 Å². The lowest BCUT2D eigenvalue weighted by Crippen LogP contribution is -2.17. The zero-order chi connectivity index (χ0) is 11.4. The van der Waals surface area contributed by atoms with Gasteiger partial charge in [-0.15, -0.1) is 0 Å². The smallest absolute Gasteiger partial charge is 0.248 e. The molecule has 0 unspecified atom stereocenters. The number of primary amides is 1. The van der Waals surface area contributed by atoms with Crippen LogP contribution >= 0.6 is 0 Å². The van der Waals surface area contributed by atoms with Gasteiger partial charge >= 0.3 is 0 Å². The van der Waals surface area contributed by atoms with E-state index < -0.39 is 5.91 Å². The summed E-state index contributed by atoms with van der Waals surface area (Å²) in [5.74, 6) is 0.436. The topological polar surface area (TPSA) is 58.7 Å². The lowest BCUT2D eigenvalue weighted by atomic mass is 10.2. The molecular formula is C11H15N3O. The van der Waals surface area contributed by atoms with E-state index in [1.807, 2.05) is 32.0 Å². The molecule has 15 heavy (non-hydrogen) atoms. The zero-order valence-corrected chi connectivity index (χ0v) is 9.19. The second kappa shape index (κ2) is 4.59. The Bertz CT molecular complexity index is 397. The largest absolute Gasteiger partial charge is 0.366 e. The highest BCUT2D eigenvalue weighted by Gasteiger charge is 2.01. The molecule has 1 aromatic carbocycles. The minimum atomic E-state index is -0.436. The maximum Gasteiger partial charge on any atom is 0.248 e. The zero-order valence-electron chi connectivity index (χ0n) is 9.19. The molecule has 0 atom stereocenters. The molecule has 4 nitrogen and oxygen atoms in total. The molecule has 1 amide bonds. The molecule has 0 heterocycles. The van der Waals surface area contributed by atoms with Crippen LogP contribution in [0.5, 0.6) is 0 Å². The second-order valence-corrected chi connectivity index (χ2v) is 3.47. The first-order valence-electron chi connectivity index (χ1n) is 4.63. The third-order valence-electron chi connectivity index (χ3n) is 2.07. The van der Waals surface area contributed by atoms with E-state index in [1.165, 1.54) is 0 Å². The van der Waals surface area contributed by atoms with Gasteiger partial charge in [-0.2, -0.15) is 0 Å². The van der Waals surface area contributed by atoms with E-state index in [1.54, 1.807) is 18.2 Å². The lowest BCUT2D eigenvalue weighted by molar-refractivity contribution is 0.100. The summed E-state index contributed by atoms with van der Waals surface area (Å²) >= 11 is 0. The van der Waals surface area contributed by atoms with Gasteiger partial charge in [0, 0.05) is 19.7 Å². The Morgan fingerprint density at radius 3 is 2.60 bits per heavy atom. The fourth-order valence-electron chi connectivity index (χ4n) is 1.02. The van der Waals surface area contributed by atoms with Crippen LogP contribution in [0.25, 0.3) is 0 Å². The van der Waals surface area contributed by atoms with Crippen LogP contribution in [0.4, 0.5) is 5.69 Å². The number of hydrogen-bond donors (Lipinski definition) is 1. The summed E-state index contributed by atoms with van der Waals surface area (Å²) in [4.78, 5) is 17.2. The number of carbonyl (C=O) groups is 1. The molecule has 0 aliphatic rings. The van der Waals surface area contributed by atoms with Gasteiger partial charge in [-0.1, -0.05) is 6.07 Å². The third kappa shape index (κ3) is 3.09. The van der Waals surface area contributed by atoms with Gasteiger partial charge in [-0.05, 0) is 25.1 Å². The predicted molar refractivity (Wildman–Crippen MR) is 61.4 cm³/mol. The van der Waals surface area contributed by atoms with E-state index in [-0.39, 0.29) is 0 Å². The Labute approximate surface area is 89.4 Å². The number of carbonyl (C=O) groups excluding carboxylic acids is 1. The van der Waals surface area contributed by atoms with Gasteiger partial charge in [0.25, 0.3) is 0 Å². The molecule has 1 rings (SSSR count).